The van der Waals surface area contributed by atoms with Crippen molar-refractivity contribution in [3.8, 4) is 11.1 Å². The largest absolute Gasteiger partial charge is 0.480 e. The summed E-state index contributed by atoms with van der Waals surface area (Å²) < 4.78 is 14.2. The van der Waals surface area contributed by atoms with Crippen molar-refractivity contribution in [2.75, 3.05) is 0 Å². The number of aliphatic carboxylic acids is 1. The van der Waals surface area contributed by atoms with Crippen molar-refractivity contribution in [3.05, 3.63) is 54.1 Å². The van der Waals surface area contributed by atoms with Crippen LogP contribution in [0.3, 0.4) is 0 Å². The summed E-state index contributed by atoms with van der Waals surface area (Å²) in [6.45, 7) is 4.11. The first-order valence-corrected chi connectivity index (χ1v) is 7.62. The number of nitrogens with zero attached hydrogens (tertiary/aromatic N) is 1. The standard InChI is InChI=1S/C18H21FN2O2/c1-12(2)9-17(18(22)23)21-11-15-4-3-14(10-16(15)19)13-5-7-20-8-6-13/h3-8,10,12,17,21H,9,11H2,1-2H3,(H,22,23). The van der Waals surface area contributed by atoms with Crippen LogP contribution in [0, 0.1) is 11.7 Å². The van der Waals surface area contributed by atoms with Gasteiger partial charge in [0.15, 0.2) is 0 Å². The Balaban J connectivity index is 2.08. The zero-order valence-electron chi connectivity index (χ0n) is 13.3. The van der Waals surface area contributed by atoms with Crippen LogP contribution >= 0.6 is 0 Å². The van der Waals surface area contributed by atoms with E-state index in [0.29, 0.717) is 12.0 Å². The molecule has 0 aliphatic rings. The molecule has 4 nitrogen and oxygen atoms in total. The van der Waals surface area contributed by atoms with E-state index < -0.39 is 12.0 Å². The van der Waals surface area contributed by atoms with Crippen LogP contribution in [-0.2, 0) is 11.3 Å². The van der Waals surface area contributed by atoms with Crippen molar-refractivity contribution >= 4 is 5.97 Å². The van der Waals surface area contributed by atoms with Gasteiger partial charge in [0.05, 0.1) is 0 Å². The molecule has 0 aliphatic heterocycles. The summed E-state index contributed by atoms with van der Waals surface area (Å²) in [5.74, 6) is -1.00. The maximum atomic E-state index is 14.2. The van der Waals surface area contributed by atoms with Crippen molar-refractivity contribution in [3.63, 3.8) is 0 Å². The number of hydrogen-bond acceptors (Lipinski definition) is 3. The minimum atomic E-state index is -0.910. The Morgan fingerprint density at radius 3 is 2.48 bits per heavy atom. The number of aromatic nitrogens is 1. The van der Waals surface area contributed by atoms with E-state index in [4.69, 9.17) is 0 Å². The lowest BCUT2D eigenvalue weighted by molar-refractivity contribution is -0.140. The predicted octanol–water partition coefficient (Wildman–Crippen LogP) is 3.48. The second-order valence-corrected chi connectivity index (χ2v) is 5.94. The average molecular weight is 316 g/mol. The Morgan fingerprint density at radius 1 is 1.22 bits per heavy atom. The van der Waals surface area contributed by atoms with Gasteiger partial charge in [-0.25, -0.2) is 4.39 Å². The number of rotatable bonds is 7. The van der Waals surface area contributed by atoms with Gasteiger partial charge in [-0.15, -0.1) is 0 Å². The van der Waals surface area contributed by atoms with Crippen LogP contribution in [0.2, 0.25) is 0 Å². The minimum Gasteiger partial charge on any atom is -0.480 e. The smallest absolute Gasteiger partial charge is 0.320 e. The van der Waals surface area contributed by atoms with E-state index in [1.54, 1.807) is 18.5 Å². The molecule has 0 radical (unpaired) electrons. The van der Waals surface area contributed by atoms with Gasteiger partial charge < -0.3 is 10.4 Å². The van der Waals surface area contributed by atoms with Gasteiger partial charge in [-0.2, -0.15) is 0 Å². The number of halogens is 1. The number of carbonyl (C=O) groups is 1. The highest BCUT2D eigenvalue weighted by Gasteiger charge is 2.18. The molecule has 0 amide bonds. The summed E-state index contributed by atoms with van der Waals surface area (Å²) in [5.41, 5.74) is 2.12. The molecule has 23 heavy (non-hydrogen) atoms. The van der Waals surface area contributed by atoms with Crippen molar-refractivity contribution in [2.24, 2.45) is 5.92 Å². The Labute approximate surface area is 135 Å². The second-order valence-electron chi connectivity index (χ2n) is 5.94. The molecule has 5 heteroatoms. The maximum Gasteiger partial charge on any atom is 0.320 e. The number of nitrogens with one attached hydrogen (secondary N) is 1. The van der Waals surface area contributed by atoms with E-state index in [9.17, 15) is 14.3 Å². The van der Waals surface area contributed by atoms with Crippen LogP contribution in [0.15, 0.2) is 42.7 Å². The molecule has 0 aliphatic carbocycles. The quantitative estimate of drug-likeness (QED) is 0.821. The fourth-order valence-electron chi connectivity index (χ4n) is 2.39. The third kappa shape index (κ3) is 4.86. The van der Waals surface area contributed by atoms with Gasteiger partial charge in [-0.3, -0.25) is 9.78 Å². The van der Waals surface area contributed by atoms with E-state index in [0.717, 1.165) is 11.1 Å². The summed E-state index contributed by atoms with van der Waals surface area (Å²) in [7, 11) is 0. The Kier molecular flexibility index (Phi) is 5.82. The van der Waals surface area contributed by atoms with Crippen LogP contribution in [0.4, 0.5) is 4.39 Å². The van der Waals surface area contributed by atoms with Crippen molar-refractivity contribution in [2.45, 2.75) is 32.9 Å². The number of carboxylic acid groups (broad SMARTS) is 1. The molecule has 0 fully saturated rings. The minimum absolute atomic E-state index is 0.187. The average Bonchev–Trinajstić information content (AvgIpc) is 2.52. The second kappa shape index (κ2) is 7.83. The summed E-state index contributed by atoms with van der Waals surface area (Å²) in [5, 5.41) is 12.1. The molecule has 1 heterocycles. The fraction of sp³-hybridized carbons (Fsp3) is 0.333. The Bertz CT molecular complexity index is 659. The lowest BCUT2D eigenvalue weighted by Crippen LogP contribution is -2.37. The molecule has 1 aromatic carbocycles. The first-order chi connectivity index (χ1) is 11.0. The summed E-state index contributed by atoms with van der Waals surface area (Å²) in [6, 6.07) is 7.94. The van der Waals surface area contributed by atoms with Gasteiger partial charge in [0.1, 0.15) is 11.9 Å². The predicted molar refractivity (Wildman–Crippen MR) is 87.3 cm³/mol. The topological polar surface area (TPSA) is 62.2 Å². The Morgan fingerprint density at radius 2 is 1.91 bits per heavy atom. The number of hydrogen-bond donors (Lipinski definition) is 2. The van der Waals surface area contributed by atoms with Crippen LogP contribution < -0.4 is 5.32 Å². The molecule has 1 unspecified atom stereocenters. The molecule has 0 spiro atoms. The molecule has 1 aromatic heterocycles. The third-order valence-electron chi connectivity index (χ3n) is 3.61. The van der Waals surface area contributed by atoms with E-state index in [1.807, 2.05) is 32.0 Å². The van der Waals surface area contributed by atoms with Crippen LogP contribution in [0.5, 0.6) is 0 Å². The normalized spacial score (nSPS) is 12.3. The fourth-order valence-corrected chi connectivity index (χ4v) is 2.39. The van der Waals surface area contributed by atoms with Crippen molar-refractivity contribution in [1.29, 1.82) is 0 Å². The van der Waals surface area contributed by atoms with Crippen LogP contribution in [-0.4, -0.2) is 22.1 Å². The molecular weight excluding hydrogens is 295 g/mol. The number of pyridine rings is 1. The summed E-state index contributed by atoms with van der Waals surface area (Å²) in [6.07, 6.45) is 3.82. The van der Waals surface area contributed by atoms with Gasteiger partial charge in [-0.05, 0) is 41.7 Å². The van der Waals surface area contributed by atoms with Gasteiger partial charge >= 0.3 is 5.97 Å². The zero-order chi connectivity index (χ0) is 16.8. The van der Waals surface area contributed by atoms with E-state index in [2.05, 4.69) is 10.3 Å². The Hall–Kier alpha value is -2.27. The van der Waals surface area contributed by atoms with E-state index in [-0.39, 0.29) is 18.3 Å². The molecule has 1 atom stereocenters. The molecule has 0 saturated heterocycles. The maximum absolute atomic E-state index is 14.2. The molecule has 0 bridgehead atoms. The molecule has 2 N–H and O–H groups in total. The highest BCUT2D eigenvalue weighted by atomic mass is 19.1. The monoisotopic (exact) mass is 316 g/mol. The first-order valence-electron chi connectivity index (χ1n) is 7.62. The van der Waals surface area contributed by atoms with Gasteiger partial charge in [0.25, 0.3) is 0 Å². The van der Waals surface area contributed by atoms with Crippen molar-refractivity contribution < 1.29 is 14.3 Å². The third-order valence-corrected chi connectivity index (χ3v) is 3.61. The van der Waals surface area contributed by atoms with Gasteiger partial charge in [0, 0.05) is 24.5 Å². The SMILES string of the molecule is CC(C)CC(NCc1ccc(-c2ccncc2)cc1F)C(=O)O. The molecule has 2 rings (SSSR count). The summed E-state index contributed by atoms with van der Waals surface area (Å²) >= 11 is 0. The van der Waals surface area contributed by atoms with E-state index in [1.165, 1.54) is 6.07 Å². The first kappa shape index (κ1) is 17.1. The molecule has 0 saturated carbocycles. The van der Waals surface area contributed by atoms with Crippen LogP contribution in [0.25, 0.3) is 11.1 Å². The number of benzene rings is 1. The zero-order valence-corrected chi connectivity index (χ0v) is 13.3. The van der Waals surface area contributed by atoms with Crippen LogP contribution in [0.1, 0.15) is 25.8 Å². The number of carboxylic acids is 1. The van der Waals surface area contributed by atoms with Gasteiger partial charge in [0.2, 0.25) is 0 Å². The van der Waals surface area contributed by atoms with Crippen molar-refractivity contribution in [1.82, 2.24) is 10.3 Å². The highest BCUT2D eigenvalue weighted by molar-refractivity contribution is 5.73. The lowest BCUT2D eigenvalue weighted by Gasteiger charge is -2.17. The summed E-state index contributed by atoms with van der Waals surface area (Å²) in [4.78, 5) is 15.2. The van der Waals surface area contributed by atoms with E-state index >= 15 is 0 Å². The highest BCUT2D eigenvalue weighted by Crippen LogP contribution is 2.21. The molecule has 122 valence electrons. The molecule has 2 aromatic rings. The van der Waals surface area contributed by atoms with Gasteiger partial charge in [-0.1, -0.05) is 26.0 Å². The lowest BCUT2D eigenvalue weighted by atomic mass is 10.0. The molecular formula is C18H21FN2O2.